The molecule has 1 saturated carbocycles. The van der Waals surface area contributed by atoms with E-state index in [0.717, 1.165) is 27.7 Å². The fraction of sp³-hybridized carbons (Fsp3) is 0.227. The lowest BCUT2D eigenvalue weighted by Crippen LogP contribution is -2.33. The fourth-order valence-corrected chi connectivity index (χ4v) is 3.73. The molecule has 4 nitrogen and oxygen atoms in total. The normalized spacial score (nSPS) is 16.1. The minimum absolute atomic E-state index is 0.107. The fourth-order valence-electron chi connectivity index (χ4n) is 3.73. The highest BCUT2D eigenvalue weighted by Gasteiger charge is 2.45. The number of pyridine rings is 2. The molecule has 3 aromatic heterocycles. The van der Waals surface area contributed by atoms with E-state index in [0.29, 0.717) is 11.5 Å². The van der Waals surface area contributed by atoms with Crippen molar-refractivity contribution in [3.8, 4) is 17.1 Å². The number of aromatic nitrogens is 4. The first-order valence-electron chi connectivity index (χ1n) is 9.37. The molecule has 0 aliphatic heterocycles. The number of hydrogen-bond donors (Lipinski definition) is 0. The maximum Gasteiger partial charge on any atom is 0.249 e. The zero-order valence-corrected chi connectivity index (χ0v) is 15.4. The standard InChI is InChI=1S/C22H17F3N4/c23-11-18-2-1-3-21(28-18)29-20-8-14(4-5-16(20)13-27-29)19-7-6-15(12-26-19)17-9-22(24,25)10-17/h1-8,12-13,17H,9-11H2. The van der Waals surface area contributed by atoms with E-state index in [9.17, 15) is 13.2 Å². The van der Waals surface area contributed by atoms with Gasteiger partial charge in [-0.1, -0.05) is 24.3 Å². The van der Waals surface area contributed by atoms with Crippen molar-refractivity contribution in [3.05, 3.63) is 72.2 Å². The second-order valence-electron chi connectivity index (χ2n) is 7.39. The van der Waals surface area contributed by atoms with E-state index >= 15 is 0 Å². The molecule has 146 valence electrons. The third kappa shape index (κ3) is 3.26. The van der Waals surface area contributed by atoms with Crippen LogP contribution in [0.2, 0.25) is 0 Å². The van der Waals surface area contributed by atoms with Crippen LogP contribution in [0, 0.1) is 0 Å². The Kier molecular flexibility index (Phi) is 4.12. The highest BCUT2D eigenvalue weighted by molar-refractivity contribution is 5.84. The second kappa shape index (κ2) is 6.69. The quantitative estimate of drug-likeness (QED) is 0.461. The summed E-state index contributed by atoms with van der Waals surface area (Å²) in [6, 6.07) is 14.7. The first-order chi connectivity index (χ1) is 14.0. The molecule has 0 saturated heterocycles. The van der Waals surface area contributed by atoms with Crippen molar-refractivity contribution in [1.29, 1.82) is 0 Å². The minimum atomic E-state index is -2.54. The lowest BCUT2D eigenvalue weighted by Gasteiger charge is -2.35. The molecule has 1 aliphatic rings. The molecule has 29 heavy (non-hydrogen) atoms. The zero-order valence-electron chi connectivity index (χ0n) is 15.4. The molecule has 1 aliphatic carbocycles. The van der Waals surface area contributed by atoms with Gasteiger partial charge in [0.2, 0.25) is 5.92 Å². The van der Waals surface area contributed by atoms with Crippen LogP contribution in [0.4, 0.5) is 13.2 Å². The number of benzene rings is 1. The first kappa shape index (κ1) is 17.8. The maximum absolute atomic E-state index is 13.1. The van der Waals surface area contributed by atoms with Crippen LogP contribution in [0.3, 0.4) is 0 Å². The van der Waals surface area contributed by atoms with Crippen molar-refractivity contribution < 1.29 is 13.2 Å². The summed E-state index contributed by atoms with van der Waals surface area (Å²) in [7, 11) is 0. The van der Waals surface area contributed by atoms with E-state index in [4.69, 9.17) is 0 Å². The summed E-state index contributed by atoms with van der Waals surface area (Å²) in [4.78, 5) is 8.77. The van der Waals surface area contributed by atoms with Gasteiger partial charge in [-0.3, -0.25) is 4.98 Å². The molecular weight excluding hydrogens is 377 g/mol. The molecule has 7 heteroatoms. The van der Waals surface area contributed by atoms with Crippen LogP contribution in [0.15, 0.2) is 60.9 Å². The van der Waals surface area contributed by atoms with Crippen molar-refractivity contribution in [2.75, 3.05) is 0 Å². The summed E-state index contributed by atoms with van der Waals surface area (Å²) in [5.41, 5.74) is 3.65. The van der Waals surface area contributed by atoms with Gasteiger partial charge in [0.1, 0.15) is 6.67 Å². The molecule has 5 rings (SSSR count). The number of nitrogens with zero attached hydrogens (tertiary/aromatic N) is 4. The molecule has 0 amide bonds. The second-order valence-corrected chi connectivity index (χ2v) is 7.39. The summed E-state index contributed by atoms with van der Waals surface area (Å²) in [5, 5.41) is 5.31. The van der Waals surface area contributed by atoms with Gasteiger partial charge in [0.25, 0.3) is 0 Å². The molecule has 1 fully saturated rings. The molecule has 1 aromatic carbocycles. The Labute approximate surface area is 165 Å². The number of rotatable bonds is 4. The molecule has 0 unspecified atom stereocenters. The molecule has 3 heterocycles. The number of alkyl halides is 3. The Hall–Kier alpha value is -3.22. The topological polar surface area (TPSA) is 43.6 Å². The van der Waals surface area contributed by atoms with E-state index in [1.165, 1.54) is 0 Å². The van der Waals surface area contributed by atoms with E-state index in [1.54, 1.807) is 35.3 Å². The Morgan fingerprint density at radius 3 is 2.62 bits per heavy atom. The summed E-state index contributed by atoms with van der Waals surface area (Å²) in [5.74, 6) is -2.12. The SMILES string of the molecule is FCc1cccc(-n2ncc3ccc(-c4ccc(C5CC(F)(F)C5)cn4)cc32)n1. The third-order valence-corrected chi connectivity index (χ3v) is 5.36. The van der Waals surface area contributed by atoms with Gasteiger partial charge in [0.15, 0.2) is 5.82 Å². The summed E-state index contributed by atoms with van der Waals surface area (Å²) >= 11 is 0. The molecule has 0 atom stereocenters. The predicted molar refractivity (Wildman–Crippen MR) is 104 cm³/mol. The Morgan fingerprint density at radius 2 is 1.90 bits per heavy atom. The van der Waals surface area contributed by atoms with Crippen LogP contribution in [0.5, 0.6) is 0 Å². The van der Waals surface area contributed by atoms with E-state index in [2.05, 4.69) is 15.1 Å². The zero-order chi connectivity index (χ0) is 20.0. The molecule has 0 N–H and O–H groups in total. The molecule has 0 spiro atoms. The van der Waals surface area contributed by atoms with Crippen molar-refractivity contribution in [1.82, 2.24) is 19.7 Å². The van der Waals surface area contributed by atoms with Gasteiger partial charge in [0, 0.05) is 30.0 Å². The first-order valence-corrected chi connectivity index (χ1v) is 9.37. The van der Waals surface area contributed by atoms with Gasteiger partial charge in [-0.25, -0.2) is 22.8 Å². The van der Waals surface area contributed by atoms with Gasteiger partial charge in [0.05, 0.1) is 23.1 Å². The molecular formula is C22H17F3N4. The van der Waals surface area contributed by atoms with Crippen LogP contribution in [0.1, 0.15) is 30.0 Å². The van der Waals surface area contributed by atoms with Gasteiger partial charge in [-0.05, 0) is 35.7 Å². The summed E-state index contributed by atoms with van der Waals surface area (Å²) < 4.78 is 40.8. The van der Waals surface area contributed by atoms with Crippen molar-refractivity contribution in [2.24, 2.45) is 0 Å². The number of halogens is 3. The highest BCUT2D eigenvalue weighted by Crippen LogP contribution is 2.48. The smallest absolute Gasteiger partial charge is 0.249 e. The Morgan fingerprint density at radius 1 is 1.03 bits per heavy atom. The lowest BCUT2D eigenvalue weighted by molar-refractivity contribution is -0.0868. The highest BCUT2D eigenvalue weighted by atomic mass is 19.3. The van der Waals surface area contributed by atoms with E-state index < -0.39 is 12.6 Å². The monoisotopic (exact) mass is 394 g/mol. The van der Waals surface area contributed by atoms with Crippen LogP contribution >= 0.6 is 0 Å². The Balaban J connectivity index is 1.48. The average molecular weight is 394 g/mol. The van der Waals surface area contributed by atoms with Gasteiger partial charge < -0.3 is 0 Å². The van der Waals surface area contributed by atoms with Gasteiger partial charge in [-0.2, -0.15) is 5.10 Å². The van der Waals surface area contributed by atoms with Crippen molar-refractivity contribution >= 4 is 10.9 Å². The predicted octanol–water partition coefficient (Wildman–Crippen LogP) is 5.46. The Bertz CT molecular complexity index is 1180. The van der Waals surface area contributed by atoms with Crippen molar-refractivity contribution in [2.45, 2.75) is 31.4 Å². The minimum Gasteiger partial charge on any atom is -0.256 e. The molecule has 0 radical (unpaired) electrons. The van der Waals surface area contributed by atoms with E-state index in [1.807, 2.05) is 30.3 Å². The van der Waals surface area contributed by atoms with Gasteiger partial charge in [-0.15, -0.1) is 0 Å². The van der Waals surface area contributed by atoms with E-state index in [-0.39, 0.29) is 18.8 Å². The average Bonchev–Trinajstić information content (AvgIpc) is 3.15. The number of hydrogen-bond acceptors (Lipinski definition) is 3. The van der Waals surface area contributed by atoms with Gasteiger partial charge >= 0.3 is 0 Å². The summed E-state index contributed by atoms with van der Waals surface area (Å²) in [6.07, 6.45) is 3.20. The van der Waals surface area contributed by atoms with Crippen LogP contribution in [-0.4, -0.2) is 25.7 Å². The maximum atomic E-state index is 13.1. The van der Waals surface area contributed by atoms with Crippen LogP contribution in [0.25, 0.3) is 28.0 Å². The molecule has 4 aromatic rings. The van der Waals surface area contributed by atoms with Crippen molar-refractivity contribution in [3.63, 3.8) is 0 Å². The van der Waals surface area contributed by atoms with Crippen LogP contribution in [-0.2, 0) is 6.67 Å². The largest absolute Gasteiger partial charge is 0.256 e. The lowest BCUT2D eigenvalue weighted by atomic mass is 9.77. The summed E-state index contributed by atoms with van der Waals surface area (Å²) in [6.45, 7) is -0.637. The number of fused-ring (bicyclic) bond motifs is 1. The van der Waals surface area contributed by atoms with Crippen LogP contribution < -0.4 is 0 Å². The third-order valence-electron chi connectivity index (χ3n) is 5.36. The molecule has 0 bridgehead atoms.